The number of nitrogens with zero attached hydrogens (tertiary/aromatic N) is 2. The minimum atomic E-state index is -4.31. The van der Waals surface area contributed by atoms with E-state index in [1.165, 1.54) is 43.4 Å². The van der Waals surface area contributed by atoms with Crippen molar-refractivity contribution in [2.24, 2.45) is 0 Å². The number of benzene rings is 4. The number of carbonyl (C=O) groups excluding carboxylic acids is 2. The molecule has 12 heteroatoms. The Balaban J connectivity index is 1.87. The second kappa shape index (κ2) is 16.9. The van der Waals surface area contributed by atoms with E-state index < -0.39 is 28.5 Å². The molecule has 0 aliphatic heterocycles. The quantitative estimate of drug-likeness (QED) is 0.141. The molecule has 0 saturated heterocycles. The Morgan fingerprint density at radius 2 is 1.55 bits per heavy atom. The van der Waals surface area contributed by atoms with Crippen LogP contribution in [0.3, 0.4) is 0 Å². The highest BCUT2D eigenvalue weighted by Gasteiger charge is 2.35. The first kappa shape index (κ1) is 37.6. The number of hydrogen-bond acceptors (Lipinski definition) is 6. The average Bonchev–Trinajstić information content (AvgIpc) is 3.09. The van der Waals surface area contributed by atoms with Gasteiger partial charge in [-0.3, -0.25) is 13.9 Å². The van der Waals surface area contributed by atoms with E-state index in [1.54, 1.807) is 36.4 Å². The third-order valence-corrected chi connectivity index (χ3v) is 10.5. The lowest BCUT2D eigenvalue weighted by Crippen LogP contribution is -2.54. The van der Waals surface area contributed by atoms with Gasteiger partial charge >= 0.3 is 0 Å². The Bertz CT molecular complexity index is 1860. The highest BCUT2D eigenvalue weighted by molar-refractivity contribution is 7.92. The number of sulfonamides is 1. The van der Waals surface area contributed by atoms with E-state index >= 15 is 0 Å². The standard InChI is InChI=1S/C37H41Cl2N3O6S/c1-6-26(3)40-37(44)33(20-27-10-8-7-9-11-27)41(23-28-14-15-29(38)21-32(28)39)36(43)24-42(30-16-19-34(47-4)35(22-30)48-5)49(45,46)31-17-12-25(2)13-18-31/h7-19,21-22,26,33H,6,20,23-24H2,1-5H3,(H,40,44)/t26-,33+/m0/s1. The van der Waals surface area contributed by atoms with E-state index in [0.29, 0.717) is 27.8 Å². The van der Waals surface area contributed by atoms with Gasteiger partial charge in [-0.25, -0.2) is 8.42 Å². The largest absolute Gasteiger partial charge is 0.493 e. The summed E-state index contributed by atoms with van der Waals surface area (Å²) in [4.78, 5) is 30.1. The Kier molecular flexibility index (Phi) is 13.0. The zero-order valence-electron chi connectivity index (χ0n) is 28.2. The van der Waals surface area contributed by atoms with Gasteiger partial charge in [-0.05, 0) is 67.8 Å². The molecular formula is C37H41Cl2N3O6S. The molecule has 0 aliphatic rings. The summed E-state index contributed by atoms with van der Waals surface area (Å²) >= 11 is 12.8. The normalized spacial score (nSPS) is 12.5. The summed E-state index contributed by atoms with van der Waals surface area (Å²) in [5.74, 6) is -0.349. The third-order valence-electron chi connectivity index (χ3n) is 8.17. The van der Waals surface area contributed by atoms with Crippen molar-refractivity contribution in [3.8, 4) is 11.5 Å². The zero-order chi connectivity index (χ0) is 35.7. The summed E-state index contributed by atoms with van der Waals surface area (Å²) in [6, 6.07) is 24.0. The SMILES string of the molecule is CC[C@H](C)NC(=O)[C@@H](Cc1ccccc1)N(Cc1ccc(Cl)cc1Cl)C(=O)CN(c1ccc(OC)c(OC)c1)S(=O)(=O)c1ccc(C)cc1. The van der Waals surface area contributed by atoms with Crippen molar-refractivity contribution in [1.82, 2.24) is 10.2 Å². The number of ether oxygens (including phenoxy) is 2. The first-order valence-corrected chi connectivity index (χ1v) is 18.0. The molecular weight excluding hydrogens is 685 g/mol. The number of halogens is 2. The molecule has 0 saturated carbocycles. The second-order valence-corrected chi connectivity index (χ2v) is 14.4. The van der Waals surface area contributed by atoms with Crippen molar-refractivity contribution in [3.63, 3.8) is 0 Å². The van der Waals surface area contributed by atoms with E-state index in [4.69, 9.17) is 32.7 Å². The van der Waals surface area contributed by atoms with Crippen molar-refractivity contribution in [3.05, 3.63) is 118 Å². The van der Waals surface area contributed by atoms with E-state index in [2.05, 4.69) is 5.32 Å². The van der Waals surface area contributed by atoms with Gasteiger partial charge < -0.3 is 19.7 Å². The predicted molar refractivity (Wildman–Crippen MR) is 194 cm³/mol. The zero-order valence-corrected chi connectivity index (χ0v) is 30.5. The van der Waals surface area contributed by atoms with Gasteiger partial charge in [0.05, 0.1) is 24.8 Å². The molecule has 2 atom stereocenters. The van der Waals surface area contributed by atoms with Crippen LogP contribution in [0.5, 0.6) is 11.5 Å². The van der Waals surface area contributed by atoms with Gasteiger partial charge in [-0.1, -0.05) is 84.2 Å². The minimum absolute atomic E-state index is 0.0108. The fraction of sp³-hybridized carbons (Fsp3) is 0.297. The summed E-state index contributed by atoms with van der Waals surface area (Å²) in [5, 5.41) is 3.73. The van der Waals surface area contributed by atoms with Crippen LogP contribution in [0.4, 0.5) is 5.69 Å². The third kappa shape index (κ3) is 9.47. The Morgan fingerprint density at radius 1 is 0.878 bits per heavy atom. The summed E-state index contributed by atoms with van der Waals surface area (Å²) < 4.78 is 40.6. The van der Waals surface area contributed by atoms with Crippen molar-refractivity contribution < 1.29 is 27.5 Å². The molecule has 0 radical (unpaired) electrons. The number of hydrogen-bond donors (Lipinski definition) is 1. The lowest BCUT2D eigenvalue weighted by Gasteiger charge is -2.34. The smallest absolute Gasteiger partial charge is 0.264 e. The molecule has 2 amide bonds. The topological polar surface area (TPSA) is 105 Å². The molecule has 0 aromatic heterocycles. The molecule has 4 aromatic rings. The maximum absolute atomic E-state index is 14.7. The molecule has 49 heavy (non-hydrogen) atoms. The number of nitrogens with one attached hydrogen (secondary N) is 1. The van der Waals surface area contributed by atoms with Crippen LogP contribution in [0.15, 0.2) is 95.9 Å². The number of anilines is 1. The van der Waals surface area contributed by atoms with Gasteiger partial charge in [-0.2, -0.15) is 0 Å². The lowest BCUT2D eigenvalue weighted by molar-refractivity contribution is -0.140. The van der Waals surface area contributed by atoms with Crippen molar-refractivity contribution in [2.75, 3.05) is 25.1 Å². The van der Waals surface area contributed by atoms with Crippen LogP contribution in [-0.4, -0.2) is 58.0 Å². The summed E-state index contributed by atoms with van der Waals surface area (Å²) in [5.41, 5.74) is 2.39. The molecule has 0 spiro atoms. The maximum Gasteiger partial charge on any atom is 0.264 e. The van der Waals surface area contributed by atoms with Crippen molar-refractivity contribution in [2.45, 2.75) is 57.1 Å². The average molecular weight is 727 g/mol. The molecule has 9 nitrogen and oxygen atoms in total. The molecule has 4 rings (SSSR count). The monoisotopic (exact) mass is 725 g/mol. The van der Waals surface area contributed by atoms with Crippen LogP contribution in [0.1, 0.15) is 37.0 Å². The fourth-order valence-corrected chi connectivity index (χ4v) is 7.05. The van der Waals surface area contributed by atoms with E-state index in [9.17, 15) is 18.0 Å². The van der Waals surface area contributed by atoms with Crippen LogP contribution in [0.2, 0.25) is 10.0 Å². The Hall–Kier alpha value is -4.25. The number of methoxy groups -OCH3 is 2. The van der Waals surface area contributed by atoms with Crippen LogP contribution in [0, 0.1) is 6.92 Å². The molecule has 0 unspecified atom stereocenters. The van der Waals surface area contributed by atoms with Crippen molar-refractivity contribution >= 4 is 50.7 Å². The number of carbonyl (C=O) groups is 2. The molecule has 260 valence electrons. The predicted octanol–water partition coefficient (Wildman–Crippen LogP) is 7.07. The first-order chi connectivity index (χ1) is 23.4. The van der Waals surface area contributed by atoms with Crippen molar-refractivity contribution in [1.29, 1.82) is 0 Å². The van der Waals surface area contributed by atoms with E-state index in [1.807, 2.05) is 51.1 Å². The van der Waals surface area contributed by atoms with Crippen LogP contribution in [-0.2, 0) is 32.6 Å². The van der Waals surface area contributed by atoms with Gasteiger partial charge in [-0.15, -0.1) is 0 Å². The molecule has 0 fully saturated rings. The molecule has 4 aromatic carbocycles. The Labute approximate surface area is 298 Å². The van der Waals surface area contributed by atoms with Gasteiger partial charge in [0.15, 0.2) is 11.5 Å². The van der Waals surface area contributed by atoms with E-state index in [-0.39, 0.29) is 41.2 Å². The van der Waals surface area contributed by atoms with E-state index in [0.717, 1.165) is 15.4 Å². The fourth-order valence-electron chi connectivity index (χ4n) is 5.17. The van der Waals surface area contributed by atoms with Gasteiger partial charge in [0.1, 0.15) is 12.6 Å². The first-order valence-electron chi connectivity index (χ1n) is 15.8. The number of rotatable bonds is 15. The highest BCUT2D eigenvalue weighted by Crippen LogP contribution is 2.34. The number of aryl methyl sites for hydroxylation is 1. The minimum Gasteiger partial charge on any atom is -0.493 e. The highest BCUT2D eigenvalue weighted by atomic mass is 35.5. The van der Waals surface area contributed by atoms with Crippen LogP contribution in [0.25, 0.3) is 0 Å². The summed E-state index contributed by atoms with van der Waals surface area (Å²) in [6.07, 6.45) is 0.837. The number of amides is 2. The second-order valence-electron chi connectivity index (χ2n) is 11.6. The lowest BCUT2D eigenvalue weighted by atomic mass is 10.0. The van der Waals surface area contributed by atoms with Gasteiger partial charge in [0.2, 0.25) is 11.8 Å². The summed E-state index contributed by atoms with van der Waals surface area (Å²) in [6.45, 7) is 4.95. The van der Waals surface area contributed by atoms with Gasteiger partial charge in [0, 0.05) is 35.1 Å². The van der Waals surface area contributed by atoms with Gasteiger partial charge in [0.25, 0.3) is 10.0 Å². The molecule has 1 N–H and O–H groups in total. The molecule has 0 bridgehead atoms. The maximum atomic E-state index is 14.7. The summed E-state index contributed by atoms with van der Waals surface area (Å²) in [7, 11) is -1.40. The molecule has 0 heterocycles. The Morgan fingerprint density at radius 3 is 2.16 bits per heavy atom. The van der Waals surface area contributed by atoms with Crippen LogP contribution >= 0.6 is 23.2 Å². The van der Waals surface area contributed by atoms with Crippen LogP contribution < -0.4 is 19.1 Å². The molecule has 0 aliphatic carbocycles.